The molecular weight excluding hydrogens is 131 g/mol. The molecule has 1 radical (unpaired) electrons. The van der Waals surface area contributed by atoms with Crippen molar-refractivity contribution in [3.63, 3.8) is 0 Å². The fraction of sp³-hybridized carbons (Fsp3) is 1.00. The van der Waals surface area contributed by atoms with Crippen LogP contribution in [0.4, 0.5) is 0 Å². The molecule has 0 rings (SSSR count). The molecule has 0 saturated carbocycles. The standard InChI is InChI=1S/C4H10O2.V/c1-2-3-4-6-5;/h5H,2-4H2,1H3;. The summed E-state index contributed by atoms with van der Waals surface area (Å²) < 4.78 is 0. The Balaban J connectivity index is 0. The van der Waals surface area contributed by atoms with Crippen molar-refractivity contribution in [1.82, 2.24) is 0 Å². The monoisotopic (exact) mass is 141 g/mol. The van der Waals surface area contributed by atoms with Crippen LogP contribution < -0.4 is 0 Å². The van der Waals surface area contributed by atoms with Gasteiger partial charge in [-0.2, -0.15) is 0 Å². The summed E-state index contributed by atoms with van der Waals surface area (Å²) in [7, 11) is 0. The van der Waals surface area contributed by atoms with Gasteiger partial charge in [0.2, 0.25) is 0 Å². The van der Waals surface area contributed by atoms with Gasteiger partial charge in [0.1, 0.15) is 0 Å². The van der Waals surface area contributed by atoms with Crippen LogP contribution in [0.3, 0.4) is 0 Å². The summed E-state index contributed by atoms with van der Waals surface area (Å²) >= 11 is 0. The van der Waals surface area contributed by atoms with Crippen LogP contribution in [0.2, 0.25) is 0 Å². The van der Waals surface area contributed by atoms with Gasteiger partial charge in [-0.25, -0.2) is 4.89 Å². The molecule has 0 atom stereocenters. The maximum atomic E-state index is 7.70. The molecule has 0 aromatic heterocycles. The van der Waals surface area contributed by atoms with E-state index in [1.807, 2.05) is 6.92 Å². The van der Waals surface area contributed by atoms with E-state index in [2.05, 4.69) is 4.89 Å². The van der Waals surface area contributed by atoms with Crippen LogP contribution >= 0.6 is 0 Å². The third-order valence-corrected chi connectivity index (χ3v) is 0.589. The van der Waals surface area contributed by atoms with Crippen molar-refractivity contribution < 1.29 is 28.7 Å². The molecule has 0 amide bonds. The van der Waals surface area contributed by atoms with Crippen LogP contribution in [0.15, 0.2) is 0 Å². The minimum Gasteiger partial charge on any atom is -0.252 e. The van der Waals surface area contributed by atoms with E-state index in [9.17, 15) is 0 Å². The molecule has 0 aliphatic rings. The second-order valence-corrected chi connectivity index (χ2v) is 1.19. The van der Waals surface area contributed by atoms with E-state index in [-0.39, 0.29) is 18.6 Å². The van der Waals surface area contributed by atoms with Gasteiger partial charge in [-0.05, 0) is 6.42 Å². The number of rotatable bonds is 3. The zero-order valence-electron chi connectivity index (χ0n) is 4.42. The second kappa shape index (κ2) is 9.71. The molecule has 0 fully saturated rings. The van der Waals surface area contributed by atoms with E-state index in [0.29, 0.717) is 6.61 Å². The van der Waals surface area contributed by atoms with Crippen LogP contribution in [-0.4, -0.2) is 11.9 Å². The summed E-state index contributed by atoms with van der Waals surface area (Å²) in [6, 6.07) is 0. The fourth-order valence-corrected chi connectivity index (χ4v) is 0.209. The average Bonchev–Trinajstić information content (AvgIpc) is 1.61. The maximum absolute atomic E-state index is 7.70. The van der Waals surface area contributed by atoms with E-state index < -0.39 is 0 Å². The van der Waals surface area contributed by atoms with E-state index in [0.717, 1.165) is 12.8 Å². The Labute approximate surface area is 55.7 Å². The molecule has 0 saturated heterocycles. The Bertz CT molecular complexity index is 21.7. The first-order chi connectivity index (χ1) is 2.91. The second-order valence-electron chi connectivity index (χ2n) is 1.19. The van der Waals surface area contributed by atoms with Gasteiger partial charge >= 0.3 is 0 Å². The molecule has 2 nitrogen and oxygen atoms in total. The Morgan fingerprint density at radius 3 is 2.29 bits per heavy atom. The maximum Gasteiger partial charge on any atom is 0.0819 e. The first kappa shape index (κ1) is 10.5. The van der Waals surface area contributed by atoms with Crippen molar-refractivity contribution in [3.05, 3.63) is 0 Å². The van der Waals surface area contributed by atoms with Crippen molar-refractivity contribution in [2.75, 3.05) is 6.61 Å². The van der Waals surface area contributed by atoms with E-state index in [1.165, 1.54) is 0 Å². The Morgan fingerprint density at radius 2 is 2.14 bits per heavy atom. The number of hydrogen-bond donors (Lipinski definition) is 1. The van der Waals surface area contributed by atoms with Crippen molar-refractivity contribution in [1.29, 1.82) is 0 Å². The molecule has 0 aromatic carbocycles. The van der Waals surface area contributed by atoms with E-state index >= 15 is 0 Å². The minimum absolute atomic E-state index is 0. The normalized spacial score (nSPS) is 7.71. The molecule has 0 aliphatic carbocycles. The molecule has 3 heteroatoms. The predicted molar refractivity (Wildman–Crippen MR) is 23.5 cm³/mol. The van der Waals surface area contributed by atoms with Crippen LogP contribution in [0.5, 0.6) is 0 Å². The van der Waals surface area contributed by atoms with Crippen molar-refractivity contribution >= 4 is 0 Å². The molecule has 0 aliphatic heterocycles. The molecule has 0 aromatic rings. The van der Waals surface area contributed by atoms with Crippen molar-refractivity contribution in [2.24, 2.45) is 0 Å². The summed E-state index contributed by atoms with van der Waals surface area (Å²) in [6.45, 7) is 2.51. The smallest absolute Gasteiger partial charge is 0.0819 e. The Hall–Kier alpha value is 0.504. The van der Waals surface area contributed by atoms with Gasteiger partial charge in [0, 0.05) is 18.6 Å². The van der Waals surface area contributed by atoms with Crippen LogP contribution in [-0.2, 0) is 23.4 Å². The zero-order chi connectivity index (χ0) is 4.83. The quantitative estimate of drug-likeness (QED) is 0.364. The third-order valence-electron chi connectivity index (χ3n) is 0.589. The van der Waals surface area contributed by atoms with Gasteiger partial charge in [0.05, 0.1) is 6.61 Å². The first-order valence-electron chi connectivity index (χ1n) is 2.18. The molecule has 7 heavy (non-hydrogen) atoms. The minimum atomic E-state index is 0. The molecule has 0 spiro atoms. The first-order valence-corrected chi connectivity index (χ1v) is 2.18. The zero-order valence-corrected chi connectivity index (χ0v) is 5.82. The average molecular weight is 141 g/mol. The SMILES string of the molecule is CCCCOO.[V]. The fourth-order valence-electron chi connectivity index (χ4n) is 0.209. The number of hydrogen-bond acceptors (Lipinski definition) is 2. The van der Waals surface area contributed by atoms with Crippen LogP contribution in [0.25, 0.3) is 0 Å². The summed E-state index contributed by atoms with van der Waals surface area (Å²) in [5, 5.41) is 7.70. The molecule has 0 unspecified atom stereocenters. The third kappa shape index (κ3) is 10.7. The van der Waals surface area contributed by atoms with Gasteiger partial charge in [0.25, 0.3) is 0 Å². The summed E-state index contributed by atoms with van der Waals surface area (Å²) in [4.78, 5) is 3.78. The van der Waals surface area contributed by atoms with Crippen LogP contribution in [0.1, 0.15) is 19.8 Å². The van der Waals surface area contributed by atoms with Gasteiger partial charge in [-0.1, -0.05) is 13.3 Å². The predicted octanol–water partition coefficient (Wildman–Crippen LogP) is 1.27. The Morgan fingerprint density at radius 1 is 1.57 bits per heavy atom. The topological polar surface area (TPSA) is 29.5 Å². The summed E-state index contributed by atoms with van der Waals surface area (Å²) in [6.07, 6.45) is 2.01. The Kier molecular flexibility index (Phi) is 14.5. The van der Waals surface area contributed by atoms with Gasteiger partial charge in [0.15, 0.2) is 0 Å². The molecule has 0 heterocycles. The summed E-state index contributed by atoms with van der Waals surface area (Å²) in [5.74, 6) is 0. The van der Waals surface area contributed by atoms with E-state index in [1.54, 1.807) is 0 Å². The van der Waals surface area contributed by atoms with Crippen molar-refractivity contribution in [3.8, 4) is 0 Å². The molecule has 0 bridgehead atoms. The van der Waals surface area contributed by atoms with Crippen molar-refractivity contribution in [2.45, 2.75) is 19.8 Å². The van der Waals surface area contributed by atoms with Gasteiger partial charge in [-0.15, -0.1) is 0 Å². The van der Waals surface area contributed by atoms with Gasteiger partial charge in [-0.3, -0.25) is 5.26 Å². The number of unbranched alkanes of at least 4 members (excludes halogenated alkanes) is 1. The molecule has 43 valence electrons. The summed E-state index contributed by atoms with van der Waals surface area (Å²) in [5.41, 5.74) is 0. The van der Waals surface area contributed by atoms with E-state index in [4.69, 9.17) is 5.26 Å². The van der Waals surface area contributed by atoms with Crippen LogP contribution in [0, 0.1) is 0 Å². The van der Waals surface area contributed by atoms with Gasteiger partial charge < -0.3 is 0 Å². The molecule has 1 N–H and O–H groups in total. The molecular formula is C4H10O2V. The largest absolute Gasteiger partial charge is 0.252 e.